The average molecular weight is 335 g/mol. The number of halogens is 1. The highest BCUT2D eigenvalue weighted by Gasteiger charge is 2.24. The molecule has 1 aliphatic heterocycles. The van der Waals surface area contributed by atoms with Crippen LogP contribution in [-0.2, 0) is 6.54 Å². The van der Waals surface area contributed by atoms with Gasteiger partial charge in [0.1, 0.15) is 0 Å². The van der Waals surface area contributed by atoms with E-state index in [1.807, 2.05) is 48.5 Å². The lowest BCUT2D eigenvalue weighted by Gasteiger charge is -2.35. The first-order valence-corrected chi connectivity index (χ1v) is 7.81. The molecular weight excluding hydrogens is 312 g/mol. The van der Waals surface area contributed by atoms with E-state index in [-0.39, 0.29) is 18.3 Å². The van der Waals surface area contributed by atoms with Crippen LogP contribution in [0, 0.1) is 6.92 Å². The van der Waals surface area contributed by atoms with E-state index < -0.39 is 0 Å². The number of aryl methyl sites for hydroxylation is 2. The second kappa shape index (κ2) is 7.51. The van der Waals surface area contributed by atoms with Gasteiger partial charge >= 0.3 is 0 Å². The van der Waals surface area contributed by atoms with Crippen LogP contribution in [0.1, 0.15) is 22.8 Å². The zero-order chi connectivity index (χ0) is 15.5. The van der Waals surface area contributed by atoms with Crippen molar-refractivity contribution in [1.29, 1.82) is 0 Å². The van der Waals surface area contributed by atoms with E-state index in [0.29, 0.717) is 0 Å². The van der Waals surface area contributed by atoms with Crippen LogP contribution in [0.25, 0.3) is 0 Å². The molecule has 0 aliphatic carbocycles. The molecule has 2 heterocycles. The van der Waals surface area contributed by atoms with Crippen molar-refractivity contribution >= 4 is 24.3 Å². The lowest BCUT2D eigenvalue weighted by Crippen LogP contribution is -2.49. The zero-order valence-electron chi connectivity index (χ0n) is 13.6. The topological polar surface area (TPSA) is 41.4 Å². The molecule has 1 saturated heterocycles. The van der Waals surface area contributed by atoms with Crippen LogP contribution in [0.2, 0.25) is 0 Å². The predicted molar refractivity (Wildman–Crippen MR) is 94.4 cm³/mol. The van der Waals surface area contributed by atoms with Gasteiger partial charge in [-0.25, -0.2) is 4.98 Å². The fraction of sp³-hybridized carbons (Fsp3) is 0.412. The average Bonchev–Trinajstić information content (AvgIpc) is 3.03. The summed E-state index contributed by atoms with van der Waals surface area (Å²) in [4.78, 5) is 21.2. The minimum absolute atomic E-state index is 0. The number of benzene rings is 1. The Morgan fingerprint density at radius 1 is 1.22 bits per heavy atom. The number of anilines is 1. The molecule has 0 spiro atoms. The van der Waals surface area contributed by atoms with Crippen molar-refractivity contribution in [1.82, 2.24) is 14.5 Å². The van der Waals surface area contributed by atoms with E-state index in [1.165, 1.54) is 0 Å². The minimum Gasteiger partial charge on any atom is -0.339 e. The molecule has 23 heavy (non-hydrogen) atoms. The quantitative estimate of drug-likeness (QED) is 0.866. The van der Waals surface area contributed by atoms with Crippen LogP contribution in [0.15, 0.2) is 36.7 Å². The fourth-order valence-electron chi connectivity index (χ4n) is 2.90. The molecule has 0 saturated carbocycles. The van der Waals surface area contributed by atoms with Gasteiger partial charge in [-0.3, -0.25) is 4.79 Å². The standard InChI is InChI=1S/C17H22N4O.ClH/c1-3-19-8-7-18-17(19)21-11-9-20(10-12-21)16(22)15-6-4-5-14(2)13-15;/h4-8,13H,3,9-12H2,1-2H3;1H. The summed E-state index contributed by atoms with van der Waals surface area (Å²) in [5, 5.41) is 0. The van der Waals surface area contributed by atoms with Crippen molar-refractivity contribution in [3.63, 3.8) is 0 Å². The number of piperazine rings is 1. The molecule has 1 fully saturated rings. The van der Waals surface area contributed by atoms with Gasteiger partial charge in [0.2, 0.25) is 5.95 Å². The largest absolute Gasteiger partial charge is 0.339 e. The Balaban J connectivity index is 0.00000192. The van der Waals surface area contributed by atoms with E-state index in [2.05, 4.69) is 21.4 Å². The van der Waals surface area contributed by atoms with Crippen LogP contribution in [0.5, 0.6) is 0 Å². The molecule has 0 N–H and O–H groups in total. The SMILES string of the molecule is CCn1ccnc1N1CCN(C(=O)c2cccc(C)c2)CC1.Cl. The maximum atomic E-state index is 12.6. The Bertz CT molecular complexity index is 662. The molecule has 3 rings (SSSR count). The molecule has 0 bridgehead atoms. The van der Waals surface area contributed by atoms with Crippen LogP contribution in [0.4, 0.5) is 5.95 Å². The first-order chi connectivity index (χ1) is 10.7. The van der Waals surface area contributed by atoms with Crippen molar-refractivity contribution in [3.8, 4) is 0 Å². The van der Waals surface area contributed by atoms with Gasteiger partial charge < -0.3 is 14.4 Å². The number of aromatic nitrogens is 2. The van der Waals surface area contributed by atoms with Crippen molar-refractivity contribution < 1.29 is 4.79 Å². The number of carbonyl (C=O) groups excluding carboxylic acids is 1. The molecule has 1 amide bonds. The Morgan fingerprint density at radius 2 is 1.96 bits per heavy atom. The predicted octanol–water partition coefficient (Wildman–Crippen LogP) is 2.60. The maximum Gasteiger partial charge on any atom is 0.253 e. The number of imidazole rings is 1. The third-order valence-corrected chi connectivity index (χ3v) is 4.15. The highest BCUT2D eigenvalue weighted by Crippen LogP contribution is 2.16. The number of carbonyl (C=O) groups is 1. The number of nitrogens with zero attached hydrogens (tertiary/aromatic N) is 4. The van der Waals surface area contributed by atoms with Crippen molar-refractivity contribution in [2.24, 2.45) is 0 Å². The number of rotatable bonds is 3. The van der Waals surface area contributed by atoms with Gasteiger partial charge in [-0.05, 0) is 26.0 Å². The Morgan fingerprint density at radius 3 is 2.61 bits per heavy atom. The molecule has 0 radical (unpaired) electrons. The third-order valence-electron chi connectivity index (χ3n) is 4.15. The lowest BCUT2D eigenvalue weighted by atomic mass is 10.1. The molecule has 5 nitrogen and oxygen atoms in total. The Kier molecular flexibility index (Phi) is 5.66. The number of hydrogen-bond acceptors (Lipinski definition) is 3. The lowest BCUT2D eigenvalue weighted by molar-refractivity contribution is 0.0746. The third kappa shape index (κ3) is 3.67. The van der Waals surface area contributed by atoms with Gasteiger partial charge in [0.15, 0.2) is 0 Å². The first-order valence-electron chi connectivity index (χ1n) is 7.81. The van der Waals surface area contributed by atoms with Crippen LogP contribution < -0.4 is 4.90 Å². The molecule has 2 aromatic rings. The highest BCUT2D eigenvalue weighted by molar-refractivity contribution is 5.94. The van der Waals surface area contributed by atoms with Crippen LogP contribution in [-0.4, -0.2) is 46.5 Å². The fourth-order valence-corrected chi connectivity index (χ4v) is 2.90. The normalized spacial score (nSPS) is 14.5. The Labute approximate surface area is 143 Å². The van der Waals surface area contributed by atoms with Gasteiger partial charge in [0, 0.05) is 50.7 Å². The second-order valence-electron chi connectivity index (χ2n) is 5.66. The van der Waals surface area contributed by atoms with E-state index in [1.54, 1.807) is 0 Å². The van der Waals surface area contributed by atoms with Crippen LogP contribution in [0.3, 0.4) is 0 Å². The molecule has 1 aliphatic rings. The van der Waals surface area contributed by atoms with Crippen molar-refractivity contribution in [2.45, 2.75) is 20.4 Å². The second-order valence-corrected chi connectivity index (χ2v) is 5.66. The van der Waals surface area contributed by atoms with E-state index >= 15 is 0 Å². The van der Waals surface area contributed by atoms with Gasteiger partial charge in [0.25, 0.3) is 5.91 Å². The van der Waals surface area contributed by atoms with Crippen molar-refractivity contribution in [3.05, 3.63) is 47.8 Å². The summed E-state index contributed by atoms with van der Waals surface area (Å²) in [5.41, 5.74) is 1.90. The molecule has 124 valence electrons. The summed E-state index contributed by atoms with van der Waals surface area (Å²) in [6.07, 6.45) is 3.84. The monoisotopic (exact) mass is 334 g/mol. The smallest absolute Gasteiger partial charge is 0.253 e. The molecule has 6 heteroatoms. The number of hydrogen-bond donors (Lipinski definition) is 0. The summed E-state index contributed by atoms with van der Waals surface area (Å²) >= 11 is 0. The summed E-state index contributed by atoms with van der Waals surface area (Å²) in [5.74, 6) is 1.13. The van der Waals surface area contributed by atoms with Gasteiger partial charge in [0.05, 0.1) is 0 Å². The first kappa shape index (κ1) is 17.3. The number of amides is 1. The van der Waals surface area contributed by atoms with Crippen molar-refractivity contribution in [2.75, 3.05) is 31.1 Å². The van der Waals surface area contributed by atoms with Gasteiger partial charge in [-0.2, -0.15) is 0 Å². The molecular formula is C17H23ClN4O. The van der Waals surface area contributed by atoms with Gasteiger partial charge in [-0.1, -0.05) is 17.7 Å². The molecule has 0 unspecified atom stereocenters. The van der Waals surface area contributed by atoms with E-state index in [0.717, 1.165) is 49.8 Å². The molecule has 1 aromatic heterocycles. The van der Waals surface area contributed by atoms with E-state index in [9.17, 15) is 4.79 Å². The summed E-state index contributed by atoms with van der Waals surface area (Å²) in [6, 6.07) is 7.81. The summed E-state index contributed by atoms with van der Waals surface area (Å²) < 4.78 is 2.14. The van der Waals surface area contributed by atoms with E-state index in [4.69, 9.17) is 0 Å². The zero-order valence-corrected chi connectivity index (χ0v) is 14.4. The summed E-state index contributed by atoms with van der Waals surface area (Å²) in [6.45, 7) is 8.18. The highest BCUT2D eigenvalue weighted by atomic mass is 35.5. The van der Waals surface area contributed by atoms with Crippen LogP contribution >= 0.6 is 12.4 Å². The Hall–Kier alpha value is -2.01. The molecule has 1 aromatic carbocycles. The molecule has 0 atom stereocenters. The summed E-state index contributed by atoms with van der Waals surface area (Å²) in [7, 11) is 0. The van der Waals surface area contributed by atoms with Gasteiger partial charge in [-0.15, -0.1) is 12.4 Å². The maximum absolute atomic E-state index is 12.6. The minimum atomic E-state index is 0.